The molecule has 1 saturated carbocycles. The number of amidine groups is 1. The van der Waals surface area contributed by atoms with Crippen molar-refractivity contribution >= 4 is 5.84 Å². The van der Waals surface area contributed by atoms with E-state index in [0.717, 1.165) is 5.56 Å². The topological polar surface area (TPSA) is 38.4 Å². The summed E-state index contributed by atoms with van der Waals surface area (Å²) in [7, 11) is 0. The van der Waals surface area contributed by atoms with E-state index in [1.54, 1.807) is 0 Å². The van der Waals surface area contributed by atoms with Crippen LogP contribution in [-0.4, -0.2) is 11.4 Å². The van der Waals surface area contributed by atoms with Gasteiger partial charge in [-0.15, -0.1) is 0 Å². The van der Waals surface area contributed by atoms with Crippen LogP contribution in [0.4, 0.5) is 0 Å². The van der Waals surface area contributed by atoms with Crippen molar-refractivity contribution < 1.29 is 0 Å². The lowest BCUT2D eigenvalue weighted by Crippen LogP contribution is -2.16. The smallest absolute Gasteiger partial charge is 0.126 e. The highest BCUT2D eigenvalue weighted by Gasteiger charge is 2.37. The Morgan fingerprint density at radius 3 is 2.46 bits per heavy atom. The van der Waals surface area contributed by atoms with Gasteiger partial charge in [0.1, 0.15) is 5.84 Å². The summed E-state index contributed by atoms with van der Waals surface area (Å²) < 4.78 is 0. The average molecular weight is 174 g/mol. The molecule has 0 saturated heterocycles. The third kappa shape index (κ3) is 1.89. The van der Waals surface area contributed by atoms with E-state index in [-0.39, 0.29) is 5.54 Å². The van der Waals surface area contributed by atoms with Gasteiger partial charge in [0.05, 0.1) is 5.54 Å². The number of nitrogens with two attached hydrogens (primary N) is 1. The zero-order chi connectivity index (χ0) is 9.31. The van der Waals surface area contributed by atoms with Gasteiger partial charge in [-0.25, -0.2) is 0 Å². The highest BCUT2D eigenvalue weighted by Crippen LogP contribution is 2.39. The van der Waals surface area contributed by atoms with E-state index in [1.807, 2.05) is 30.3 Å². The van der Waals surface area contributed by atoms with Gasteiger partial charge in [0.15, 0.2) is 0 Å². The normalized spacial score (nSPS) is 19.9. The van der Waals surface area contributed by atoms with Crippen LogP contribution in [0.2, 0.25) is 0 Å². The van der Waals surface area contributed by atoms with Crippen molar-refractivity contribution in [2.24, 2.45) is 10.7 Å². The fourth-order valence-electron chi connectivity index (χ4n) is 1.26. The second kappa shape index (κ2) is 2.87. The van der Waals surface area contributed by atoms with Crippen LogP contribution in [0.15, 0.2) is 35.3 Å². The predicted molar refractivity (Wildman–Crippen MR) is 54.8 cm³/mol. The van der Waals surface area contributed by atoms with Gasteiger partial charge in [0.25, 0.3) is 0 Å². The molecule has 1 aliphatic rings. The number of nitrogens with zero attached hydrogens (tertiary/aromatic N) is 1. The number of rotatable bonds is 2. The monoisotopic (exact) mass is 174 g/mol. The quantitative estimate of drug-likeness (QED) is 0.540. The first kappa shape index (κ1) is 8.30. The fraction of sp³-hybridized carbons (Fsp3) is 0.364. The fourth-order valence-corrected chi connectivity index (χ4v) is 1.26. The Hall–Kier alpha value is -1.31. The van der Waals surface area contributed by atoms with Crippen molar-refractivity contribution in [3.05, 3.63) is 35.9 Å². The van der Waals surface area contributed by atoms with Gasteiger partial charge in [-0.05, 0) is 19.8 Å². The van der Waals surface area contributed by atoms with Crippen LogP contribution in [0, 0.1) is 0 Å². The van der Waals surface area contributed by atoms with E-state index in [1.165, 1.54) is 12.8 Å². The molecule has 0 unspecified atom stereocenters. The lowest BCUT2D eigenvalue weighted by atomic mass is 10.2. The summed E-state index contributed by atoms with van der Waals surface area (Å²) >= 11 is 0. The van der Waals surface area contributed by atoms with Gasteiger partial charge < -0.3 is 5.73 Å². The van der Waals surface area contributed by atoms with E-state index >= 15 is 0 Å². The molecule has 1 aromatic carbocycles. The third-order valence-corrected chi connectivity index (χ3v) is 2.43. The molecule has 0 radical (unpaired) electrons. The molecule has 1 aliphatic carbocycles. The molecule has 0 bridgehead atoms. The maximum Gasteiger partial charge on any atom is 0.126 e. The molecule has 2 heteroatoms. The maximum atomic E-state index is 5.87. The van der Waals surface area contributed by atoms with Gasteiger partial charge in [-0.2, -0.15) is 0 Å². The van der Waals surface area contributed by atoms with Crippen LogP contribution in [0.25, 0.3) is 0 Å². The molecule has 0 atom stereocenters. The van der Waals surface area contributed by atoms with Crippen LogP contribution in [-0.2, 0) is 0 Å². The SMILES string of the molecule is CC1(N=C(N)c2ccccc2)CC1. The van der Waals surface area contributed by atoms with Crippen molar-refractivity contribution in [1.82, 2.24) is 0 Å². The van der Waals surface area contributed by atoms with Crippen LogP contribution in [0.1, 0.15) is 25.3 Å². The van der Waals surface area contributed by atoms with Gasteiger partial charge in [-0.3, -0.25) is 4.99 Å². The van der Waals surface area contributed by atoms with Crippen molar-refractivity contribution in [3.8, 4) is 0 Å². The Morgan fingerprint density at radius 1 is 1.31 bits per heavy atom. The number of hydrogen-bond donors (Lipinski definition) is 1. The number of benzene rings is 1. The molecule has 68 valence electrons. The van der Waals surface area contributed by atoms with Crippen molar-refractivity contribution in [2.75, 3.05) is 0 Å². The maximum absolute atomic E-state index is 5.87. The summed E-state index contributed by atoms with van der Waals surface area (Å²) in [4.78, 5) is 4.49. The minimum atomic E-state index is 0.139. The molecule has 2 nitrogen and oxygen atoms in total. The van der Waals surface area contributed by atoms with Gasteiger partial charge in [0, 0.05) is 5.56 Å². The largest absolute Gasteiger partial charge is 0.383 e. The molecular formula is C11H14N2. The Kier molecular flexibility index (Phi) is 1.83. The first-order valence-electron chi connectivity index (χ1n) is 4.60. The summed E-state index contributed by atoms with van der Waals surface area (Å²) in [6, 6.07) is 9.92. The van der Waals surface area contributed by atoms with E-state index in [0.29, 0.717) is 5.84 Å². The predicted octanol–water partition coefficient (Wildman–Crippen LogP) is 1.94. The Labute approximate surface area is 78.5 Å². The molecule has 0 aromatic heterocycles. The minimum Gasteiger partial charge on any atom is -0.383 e. The number of aliphatic imine (C=N–C) groups is 1. The standard InChI is InChI=1S/C11H14N2/c1-11(7-8-11)13-10(12)9-5-3-2-4-6-9/h2-6H,7-8H2,1H3,(H2,12,13). The van der Waals surface area contributed by atoms with Gasteiger partial charge >= 0.3 is 0 Å². The van der Waals surface area contributed by atoms with E-state index in [4.69, 9.17) is 5.73 Å². The Morgan fingerprint density at radius 2 is 1.92 bits per heavy atom. The Balaban J connectivity index is 2.22. The molecule has 2 rings (SSSR count). The molecule has 0 amide bonds. The minimum absolute atomic E-state index is 0.139. The second-order valence-electron chi connectivity index (χ2n) is 3.86. The molecule has 1 aromatic rings. The zero-order valence-electron chi connectivity index (χ0n) is 7.83. The number of hydrogen-bond acceptors (Lipinski definition) is 1. The second-order valence-corrected chi connectivity index (χ2v) is 3.86. The summed E-state index contributed by atoms with van der Waals surface area (Å²) in [5.41, 5.74) is 7.03. The van der Waals surface area contributed by atoms with Gasteiger partial charge in [0.2, 0.25) is 0 Å². The van der Waals surface area contributed by atoms with Crippen LogP contribution in [0.5, 0.6) is 0 Å². The zero-order valence-corrected chi connectivity index (χ0v) is 7.83. The Bertz CT molecular complexity index is 323. The van der Waals surface area contributed by atoms with Crippen molar-refractivity contribution in [2.45, 2.75) is 25.3 Å². The third-order valence-electron chi connectivity index (χ3n) is 2.43. The molecule has 1 fully saturated rings. The molecule has 0 aliphatic heterocycles. The van der Waals surface area contributed by atoms with E-state index in [9.17, 15) is 0 Å². The van der Waals surface area contributed by atoms with Crippen LogP contribution < -0.4 is 5.73 Å². The molecule has 2 N–H and O–H groups in total. The molecule has 0 spiro atoms. The van der Waals surface area contributed by atoms with Gasteiger partial charge in [-0.1, -0.05) is 30.3 Å². The summed E-state index contributed by atoms with van der Waals surface area (Å²) in [6.07, 6.45) is 2.33. The van der Waals surface area contributed by atoms with Crippen molar-refractivity contribution in [1.29, 1.82) is 0 Å². The lowest BCUT2D eigenvalue weighted by molar-refractivity contribution is 0.764. The van der Waals surface area contributed by atoms with E-state index < -0.39 is 0 Å². The van der Waals surface area contributed by atoms with Crippen LogP contribution >= 0.6 is 0 Å². The molecule has 13 heavy (non-hydrogen) atoms. The van der Waals surface area contributed by atoms with Crippen molar-refractivity contribution in [3.63, 3.8) is 0 Å². The summed E-state index contributed by atoms with van der Waals surface area (Å²) in [5.74, 6) is 0.667. The first-order valence-corrected chi connectivity index (χ1v) is 4.60. The average Bonchev–Trinajstić information content (AvgIpc) is 2.85. The summed E-state index contributed by atoms with van der Waals surface area (Å²) in [6.45, 7) is 2.14. The highest BCUT2D eigenvalue weighted by molar-refractivity contribution is 5.97. The first-order chi connectivity index (χ1) is 6.20. The summed E-state index contributed by atoms with van der Waals surface area (Å²) in [5, 5.41) is 0. The lowest BCUT2D eigenvalue weighted by Gasteiger charge is -2.04. The van der Waals surface area contributed by atoms with E-state index in [2.05, 4.69) is 11.9 Å². The highest BCUT2D eigenvalue weighted by atomic mass is 15.0. The molecular weight excluding hydrogens is 160 g/mol. The molecule has 0 heterocycles. The van der Waals surface area contributed by atoms with Crippen LogP contribution in [0.3, 0.4) is 0 Å².